The van der Waals surface area contributed by atoms with Gasteiger partial charge in [-0.25, -0.2) is 4.39 Å². The Morgan fingerprint density at radius 2 is 2.00 bits per heavy atom. The van der Waals surface area contributed by atoms with Crippen LogP contribution in [0.25, 0.3) is 0 Å². The first-order chi connectivity index (χ1) is 7.31. The van der Waals surface area contributed by atoms with E-state index in [-0.39, 0.29) is 11.4 Å². The topological polar surface area (TPSA) is 32.3 Å². The van der Waals surface area contributed by atoms with Gasteiger partial charge in [0.15, 0.2) is 0 Å². The summed E-state index contributed by atoms with van der Waals surface area (Å²) in [5.74, 6) is -0.271. The van der Waals surface area contributed by atoms with Crippen molar-refractivity contribution < 1.29 is 9.50 Å². The first-order valence-electron chi connectivity index (χ1n) is 5.49. The Morgan fingerprint density at radius 3 is 2.56 bits per heavy atom. The van der Waals surface area contributed by atoms with Crippen LogP contribution < -0.4 is 5.32 Å². The molecule has 2 nitrogen and oxygen atoms in total. The Bertz CT molecular complexity index is 357. The molecule has 0 saturated carbocycles. The van der Waals surface area contributed by atoms with Gasteiger partial charge in [0.05, 0.1) is 6.10 Å². The van der Waals surface area contributed by atoms with Crippen molar-refractivity contribution in [2.45, 2.75) is 39.3 Å². The quantitative estimate of drug-likeness (QED) is 0.828. The molecule has 16 heavy (non-hydrogen) atoms. The van der Waals surface area contributed by atoms with Gasteiger partial charge in [-0.05, 0) is 44.9 Å². The standard InChI is InChI=1S/C13H20FNO/c1-9-10(6-5-7-11(9)14)12(16)8-15-13(2,3)4/h5-7,12,15-16H,8H2,1-4H3/t12-/m0/s1. The van der Waals surface area contributed by atoms with Crippen molar-refractivity contribution >= 4 is 0 Å². The van der Waals surface area contributed by atoms with Crippen molar-refractivity contribution in [1.29, 1.82) is 0 Å². The maximum atomic E-state index is 13.3. The zero-order chi connectivity index (χ0) is 12.3. The first-order valence-corrected chi connectivity index (χ1v) is 5.49. The van der Waals surface area contributed by atoms with Gasteiger partial charge in [0.25, 0.3) is 0 Å². The lowest BCUT2D eigenvalue weighted by atomic mass is 10.0. The molecule has 0 saturated heterocycles. The largest absolute Gasteiger partial charge is 0.387 e. The van der Waals surface area contributed by atoms with Crippen LogP contribution in [0.4, 0.5) is 4.39 Å². The molecule has 0 aliphatic rings. The first kappa shape index (κ1) is 13.1. The van der Waals surface area contributed by atoms with Crippen LogP contribution in [-0.4, -0.2) is 17.2 Å². The molecule has 0 heterocycles. The van der Waals surface area contributed by atoms with Crippen molar-refractivity contribution in [2.24, 2.45) is 0 Å². The number of rotatable bonds is 3. The van der Waals surface area contributed by atoms with Crippen LogP contribution in [0.15, 0.2) is 18.2 Å². The summed E-state index contributed by atoms with van der Waals surface area (Å²) >= 11 is 0. The molecule has 0 amide bonds. The zero-order valence-corrected chi connectivity index (χ0v) is 10.3. The smallest absolute Gasteiger partial charge is 0.126 e. The minimum atomic E-state index is -0.671. The number of nitrogens with one attached hydrogen (secondary N) is 1. The highest BCUT2D eigenvalue weighted by molar-refractivity contribution is 5.29. The molecular formula is C13H20FNO. The van der Waals surface area contributed by atoms with Crippen LogP contribution in [-0.2, 0) is 0 Å². The number of halogens is 1. The number of benzene rings is 1. The van der Waals surface area contributed by atoms with Gasteiger partial charge in [0.2, 0.25) is 0 Å². The maximum Gasteiger partial charge on any atom is 0.126 e. The van der Waals surface area contributed by atoms with Gasteiger partial charge in [-0.3, -0.25) is 0 Å². The van der Waals surface area contributed by atoms with Crippen molar-refractivity contribution in [2.75, 3.05) is 6.54 Å². The lowest BCUT2D eigenvalue weighted by Crippen LogP contribution is -2.38. The summed E-state index contributed by atoms with van der Waals surface area (Å²) in [7, 11) is 0. The fourth-order valence-electron chi connectivity index (χ4n) is 1.50. The lowest BCUT2D eigenvalue weighted by molar-refractivity contribution is 0.162. The van der Waals surface area contributed by atoms with Gasteiger partial charge in [-0.15, -0.1) is 0 Å². The van der Waals surface area contributed by atoms with E-state index >= 15 is 0 Å². The van der Waals surface area contributed by atoms with E-state index in [4.69, 9.17) is 0 Å². The third-order valence-corrected chi connectivity index (χ3v) is 2.49. The van der Waals surface area contributed by atoms with E-state index in [1.165, 1.54) is 6.07 Å². The summed E-state index contributed by atoms with van der Waals surface area (Å²) in [4.78, 5) is 0. The minimum Gasteiger partial charge on any atom is -0.387 e. The highest BCUT2D eigenvalue weighted by Gasteiger charge is 2.16. The molecule has 0 radical (unpaired) electrons. The second kappa shape index (κ2) is 4.93. The van der Waals surface area contributed by atoms with E-state index in [2.05, 4.69) is 5.32 Å². The summed E-state index contributed by atoms with van der Waals surface area (Å²) in [6, 6.07) is 4.79. The highest BCUT2D eigenvalue weighted by atomic mass is 19.1. The second-order valence-corrected chi connectivity index (χ2v) is 5.10. The summed E-state index contributed by atoms with van der Waals surface area (Å²) in [5, 5.41) is 13.2. The van der Waals surface area contributed by atoms with Crippen molar-refractivity contribution in [1.82, 2.24) is 5.32 Å². The molecular weight excluding hydrogens is 205 g/mol. The Hall–Kier alpha value is -0.930. The van der Waals surface area contributed by atoms with Gasteiger partial charge < -0.3 is 10.4 Å². The molecule has 1 aromatic rings. The molecule has 90 valence electrons. The van der Waals surface area contributed by atoms with E-state index < -0.39 is 6.10 Å². The molecule has 1 aromatic carbocycles. The molecule has 1 atom stereocenters. The molecule has 1 rings (SSSR count). The number of hydrogen-bond acceptors (Lipinski definition) is 2. The van der Waals surface area contributed by atoms with Crippen molar-refractivity contribution in [3.05, 3.63) is 35.1 Å². The fourth-order valence-corrected chi connectivity index (χ4v) is 1.50. The van der Waals surface area contributed by atoms with E-state index in [9.17, 15) is 9.50 Å². The van der Waals surface area contributed by atoms with E-state index in [1.54, 1.807) is 19.1 Å². The van der Waals surface area contributed by atoms with Gasteiger partial charge in [0, 0.05) is 12.1 Å². The van der Waals surface area contributed by atoms with Crippen molar-refractivity contribution in [3.8, 4) is 0 Å². The molecule has 0 spiro atoms. The summed E-state index contributed by atoms with van der Waals surface area (Å²) in [6.07, 6.45) is -0.671. The van der Waals surface area contributed by atoms with E-state index in [1.807, 2.05) is 20.8 Å². The van der Waals surface area contributed by atoms with Crippen LogP contribution >= 0.6 is 0 Å². The zero-order valence-electron chi connectivity index (χ0n) is 10.3. The number of β-amino-alcohol motifs (C(OH)–C–C–N with tert-alkyl or cyclic N) is 1. The molecule has 0 aliphatic heterocycles. The van der Waals surface area contributed by atoms with Gasteiger partial charge in [-0.1, -0.05) is 12.1 Å². The predicted molar refractivity (Wildman–Crippen MR) is 63.9 cm³/mol. The van der Waals surface area contributed by atoms with Crippen LogP contribution in [0.5, 0.6) is 0 Å². The average Bonchev–Trinajstić information content (AvgIpc) is 2.17. The number of aliphatic hydroxyl groups is 1. The Balaban J connectivity index is 2.73. The Morgan fingerprint density at radius 1 is 1.38 bits per heavy atom. The molecule has 0 aliphatic carbocycles. The summed E-state index contributed by atoms with van der Waals surface area (Å²) in [5.41, 5.74) is 1.12. The summed E-state index contributed by atoms with van der Waals surface area (Å²) < 4.78 is 13.3. The van der Waals surface area contributed by atoms with Crippen LogP contribution in [0.1, 0.15) is 38.0 Å². The predicted octanol–water partition coefficient (Wildman–Crippen LogP) is 2.56. The Kier molecular flexibility index (Phi) is 4.05. The molecule has 0 bridgehead atoms. The van der Waals surface area contributed by atoms with Crippen LogP contribution in [0.2, 0.25) is 0 Å². The van der Waals surface area contributed by atoms with Crippen LogP contribution in [0, 0.1) is 12.7 Å². The van der Waals surface area contributed by atoms with Gasteiger partial charge in [-0.2, -0.15) is 0 Å². The fraction of sp³-hybridized carbons (Fsp3) is 0.538. The SMILES string of the molecule is Cc1c(F)cccc1[C@@H](O)CNC(C)(C)C. The molecule has 2 N–H and O–H groups in total. The van der Waals surface area contributed by atoms with Crippen molar-refractivity contribution in [3.63, 3.8) is 0 Å². The second-order valence-electron chi connectivity index (χ2n) is 5.10. The third-order valence-electron chi connectivity index (χ3n) is 2.49. The molecule has 0 aromatic heterocycles. The van der Waals surface area contributed by atoms with E-state index in [0.717, 1.165) is 0 Å². The van der Waals surface area contributed by atoms with Gasteiger partial charge in [0.1, 0.15) is 5.82 Å². The van der Waals surface area contributed by atoms with Crippen LogP contribution in [0.3, 0.4) is 0 Å². The molecule has 3 heteroatoms. The Labute approximate surface area is 96.5 Å². The number of aliphatic hydroxyl groups excluding tert-OH is 1. The number of hydrogen-bond donors (Lipinski definition) is 2. The highest BCUT2D eigenvalue weighted by Crippen LogP contribution is 2.19. The monoisotopic (exact) mass is 225 g/mol. The van der Waals surface area contributed by atoms with Gasteiger partial charge >= 0.3 is 0 Å². The molecule has 0 unspecified atom stereocenters. The maximum absolute atomic E-state index is 13.3. The summed E-state index contributed by atoms with van der Waals surface area (Å²) in [6.45, 7) is 8.19. The molecule has 0 fully saturated rings. The third kappa shape index (κ3) is 3.58. The lowest BCUT2D eigenvalue weighted by Gasteiger charge is -2.23. The minimum absolute atomic E-state index is 0.0534. The average molecular weight is 225 g/mol. The normalized spacial score (nSPS) is 13.9. The van der Waals surface area contributed by atoms with E-state index in [0.29, 0.717) is 17.7 Å².